The van der Waals surface area contributed by atoms with Gasteiger partial charge < -0.3 is 9.88 Å². The molecule has 0 unspecified atom stereocenters. The lowest BCUT2D eigenvalue weighted by atomic mass is 10.0. The predicted octanol–water partition coefficient (Wildman–Crippen LogP) is 4.68. The molecule has 2 aromatic carbocycles. The Bertz CT molecular complexity index is 1110. The monoisotopic (exact) mass is 434 g/mol. The first kappa shape index (κ1) is 18.4. The number of carbonyl (C=O) groups excluding carboxylic acids is 1. The molecule has 0 radical (unpaired) electrons. The minimum absolute atomic E-state index is 0.0829. The Morgan fingerprint density at radius 1 is 1.11 bits per heavy atom. The Labute approximate surface area is 171 Å². The Kier molecular flexibility index (Phi) is 5.48. The van der Waals surface area contributed by atoms with Gasteiger partial charge >= 0.3 is 0 Å². The number of hydrogen-bond acceptors (Lipinski definition) is 3. The van der Waals surface area contributed by atoms with Crippen molar-refractivity contribution in [3.63, 3.8) is 0 Å². The van der Waals surface area contributed by atoms with E-state index in [1.54, 1.807) is 12.5 Å². The van der Waals surface area contributed by atoms with Gasteiger partial charge in [-0.3, -0.25) is 4.79 Å². The number of rotatable bonds is 6. The Morgan fingerprint density at radius 2 is 2.00 bits per heavy atom. The lowest BCUT2D eigenvalue weighted by molar-refractivity contribution is 0.0954. The van der Waals surface area contributed by atoms with Gasteiger partial charge in [0.05, 0.1) is 23.1 Å². The summed E-state index contributed by atoms with van der Waals surface area (Å²) in [4.78, 5) is 21.7. The van der Waals surface area contributed by atoms with E-state index < -0.39 is 0 Å². The van der Waals surface area contributed by atoms with Crippen LogP contribution in [0.5, 0.6) is 0 Å². The number of aryl methyl sites for hydroxylation is 1. The molecule has 28 heavy (non-hydrogen) atoms. The van der Waals surface area contributed by atoms with Crippen LogP contribution in [-0.2, 0) is 6.54 Å². The summed E-state index contributed by atoms with van der Waals surface area (Å²) in [5.41, 5.74) is 3.20. The lowest BCUT2D eigenvalue weighted by Gasteiger charge is -2.11. The van der Waals surface area contributed by atoms with Crippen LogP contribution in [0.15, 0.2) is 77.8 Å². The third kappa shape index (κ3) is 4.12. The van der Waals surface area contributed by atoms with Crippen molar-refractivity contribution in [2.45, 2.75) is 13.0 Å². The molecule has 0 fully saturated rings. The average Bonchev–Trinajstić information content (AvgIpc) is 3.24. The van der Waals surface area contributed by atoms with Gasteiger partial charge in [0, 0.05) is 40.9 Å². The zero-order chi connectivity index (χ0) is 19.3. The zero-order valence-electron chi connectivity index (χ0n) is 15.2. The SMILES string of the molecule is O=C(NCCCn1ccnc1)c1cc(-c2cccc(Br)c2)nc2ccccc12. The molecular formula is C22H19BrN4O. The lowest BCUT2D eigenvalue weighted by Crippen LogP contribution is -2.25. The van der Waals surface area contributed by atoms with Gasteiger partial charge in [0.15, 0.2) is 0 Å². The van der Waals surface area contributed by atoms with Crippen LogP contribution in [0, 0.1) is 0 Å². The number of nitrogens with zero attached hydrogens (tertiary/aromatic N) is 3. The van der Waals surface area contributed by atoms with Crippen molar-refractivity contribution in [1.82, 2.24) is 19.9 Å². The maximum absolute atomic E-state index is 12.9. The summed E-state index contributed by atoms with van der Waals surface area (Å²) in [5.74, 6) is -0.0829. The highest BCUT2D eigenvalue weighted by Gasteiger charge is 2.13. The van der Waals surface area contributed by atoms with Crippen molar-refractivity contribution in [3.8, 4) is 11.3 Å². The Balaban J connectivity index is 1.58. The first-order valence-electron chi connectivity index (χ1n) is 9.10. The number of halogens is 1. The van der Waals surface area contributed by atoms with E-state index in [0.29, 0.717) is 12.1 Å². The molecule has 5 nitrogen and oxygen atoms in total. The summed E-state index contributed by atoms with van der Waals surface area (Å²) in [7, 11) is 0. The summed E-state index contributed by atoms with van der Waals surface area (Å²) in [6, 6.07) is 17.5. The highest BCUT2D eigenvalue weighted by Crippen LogP contribution is 2.26. The van der Waals surface area contributed by atoms with E-state index in [2.05, 4.69) is 26.2 Å². The van der Waals surface area contributed by atoms with Gasteiger partial charge in [-0.1, -0.05) is 46.3 Å². The number of benzene rings is 2. The standard InChI is InChI=1S/C22H19BrN4O/c23-17-6-3-5-16(13-17)21-14-19(18-7-1-2-8-20(18)26-21)22(28)25-9-4-11-27-12-10-24-15-27/h1-3,5-8,10,12-15H,4,9,11H2,(H,25,28). The number of fused-ring (bicyclic) bond motifs is 1. The van der Waals surface area contributed by atoms with Crippen LogP contribution in [0.25, 0.3) is 22.2 Å². The van der Waals surface area contributed by atoms with E-state index in [1.165, 1.54) is 0 Å². The molecule has 0 aliphatic heterocycles. The second-order valence-corrected chi connectivity index (χ2v) is 7.41. The van der Waals surface area contributed by atoms with Gasteiger partial charge in [0.1, 0.15) is 0 Å². The summed E-state index contributed by atoms with van der Waals surface area (Å²) in [5, 5.41) is 3.89. The van der Waals surface area contributed by atoms with Crippen LogP contribution < -0.4 is 5.32 Å². The number of imidazole rings is 1. The van der Waals surface area contributed by atoms with Crippen LogP contribution in [-0.4, -0.2) is 27.0 Å². The first-order chi connectivity index (χ1) is 13.7. The van der Waals surface area contributed by atoms with E-state index >= 15 is 0 Å². The van der Waals surface area contributed by atoms with Crippen LogP contribution in [0.1, 0.15) is 16.8 Å². The number of aromatic nitrogens is 3. The Hall–Kier alpha value is -2.99. The molecule has 140 valence electrons. The topological polar surface area (TPSA) is 59.8 Å². The second kappa shape index (κ2) is 8.35. The van der Waals surface area contributed by atoms with E-state index in [1.807, 2.05) is 65.4 Å². The van der Waals surface area contributed by atoms with Gasteiger partial charge in [-0.15, -0.1) is 0 Å². The molecule has 2 aromatic heterocycles. The van der Waals surface area contributed by atoms with E-state index in [-0.39, 0.29) is 5.91 Å². The fourth-order valence-corrected chi connectivity index (χ4v) is 3.54. The van der Waals surface area contributed by atoms with Gasteiger partial charge in [-0.05, 0) is 30.7 Å². The fourth-order valence-electron chi connectivity index (χ4n) is 3.14. The molecule has 0 aliphatic carbocycles. The summed E-state index contributed by atoms with van der Waals surface area (Å²) in [6.07, 6.45) is 6.29. The maximum atomic E-state index is 12.9. The minimum atomic E-state index is -0.0829. The van der Waals surface area contributed by atoms with Crippen molar-refractivity contribution in [3.05, 3.63) is 83.4 Å². The van der Waals surface area contributed by atoms with Gasteiger partial charge in [-0.2, -0.15) is 0 Å². The largest absolute Gasteiger partial charge is 0.352 e. The molecule has 0 saturated heterocycles. The smallest absolute Gasteiger partial charge is 0.252 e. The molecule has 0 aliphatic rings. The second-order valence-electron chi connectivity index (χ2n) is 6.49. The normalized spacial score (nSPS) is 10.9. The number of hydrogen-bond donors (Lipinski definition) is 1. The highest BCUT2D eigenvalue weighted by molar-refractivity contribution is 9.10. The molecule has 0 bridgehead atoms. The molecular weight excluding hydrogens is 416 g/mol. The minimum Gasteiger partial charge on any atom is -0.352 e. The molecule has 6 heteroatoms. The van der Waals surface area contributed by atoms with Crippen molar-refractivity contribution in [2.24, 2.45) is 0 Å². The summed E-state index contributed by atoms with van der Waals surface area (Å²) < 4.78 is 2.98. The average molecular weight is 435 g/mol. The number of amides is 1. The molecule has 1 N–H and O–H groups in total. The Morgan fingerprint density at radius 3 is 2.82 bits per heavy atom. The van der Waals surface area contributed by atoms with Gasteiger partial charge in [-0.25, -0.2) is 9.97 Å². The molecule has 2 heterocycles. The first-order valence-corrected chi connectivity index (χ1v) is 9.90. The van der Waals surface area contributed by atoms with Crippen molar-refractivity contribution in [2.75, 3.05) is 6.54 Å². The molecule has 4 aromatic rings. The third-order valence-electron chi connectivity index (χ3n) is 4.52. The van der Waals surface area contributed by atoms with Crippen LogP contribution in [0.4, 0.5) is 0 Å². The zero-order valence-corrected chi connectivity index (χ0v) is 16.8. The van der Waals surface area contributed by atoms with Gasteiger partial charge in [0.25, 0.3) is 5.91 Å². The van der Waals surface area contributed by atoms with Crippen LogP contribution >= 0.6 is 15.9 Å². The quantitative estimate of drug-likeness (QED) is 0.448. The third-order valence-corrected chi connectivity index (χ3v) is 5.01. The predicted molar refractivity (Wildman–Crippen MR) is 114 cm³/mol. The molecule has 0 saturated carbocycles. The van der Waals surface area contributed by atoms with Crippen molar-refractivity contribution in [1.29, 1.82) is 0 Å². The number of carbonyl (C=O) groups is 1. The van der Waals surface area contributed by atoms with E-state index in [4.69, 9.17) is 4.98 Å². The number of pyridine rings is 1. The van der Waals surface area contributed by atoms with Crippen molar-refractivity contribution >= 4 is 32.7 Å². The number of para-hydroxylation sites is 1. The van der Waals surface area contributed by atoms with E-state index in [0.717, 1.165) is 39.6 Å². The van der Waals surface area contributed by atoms with Crippen LogP contribution in [0.2, 0.25) is 0 Å². The molecule has 4 rings (SSSR count). The number of nitrogens with one attached hydrogen (secondary N) is 1. The summed E-state index contributed by atoms with van der Waals surface area (Å²) in [6.45, 7) is 1.42. The molecule has 0 atom stereocenters. The summed E-state index contributed by atoms with van der Waals surface area (Å²) >= 11 is 3.50. The highest BCUT2D eigenvalue weighted by atomic mass is 79.9. The molecule has 1 amide bonds. The van der Waals surface area contributed by atoms with Gasteiger partial charge in [0.2, 0.25) is 0 Å². The fraction of sp³-hybridized carbons (Fsp3) is 0.136. The van der Waals surface area contributed by atoms with E-state index in [9.17, 15) is 4.79 Å². The van der Waals surface area contributed by atoms with Crippen molar-refractivity contribution < 1.29 is 4.79 Å². The molecule has 0 spiro atoms. The van der Waals surface area contributed by atoms with Crippen LogP contribution in [0.3, 0.4) is 0 Å². The maximum Gasteiger partial charge on any atom is 0.252 e.